The van der Waals surface area contributed by atoms with Crippen molar-refractivity contribution in [1.82, 2.24) is 9.88 Å². The molecular weight excluding hydrogens is 386 g/mol. The van der Waals surface area contributed by atoms with E-state index >= 15 is 0 Å². The summed E-state index contributed by atoms with van der Waals surface area (Å²) in [7, 11) is -3.71. The van der Waals surface area contributed by atoms with Crippen LogP contribution in [-0.2, 0) is 27.7 Å². The lowest BCUT2D eigenvalue weighted by atomic mass is 10.1. The van der Waals surface area contributed by atoms with Gasteiger partial charge in [-0.2, -0.15) is 0 Å². The van der Waals surface area contributed by atoms with Crippen molar-refractivity contribution >= 4 is 16.1 Å². The van der Waals surface area contributed by atoms with E-state index < -0.39 is 10.4 Å². The number of nitrogens with one attached hydrogen (secondary N) is 1. The molecule has 3 aromatic rings. The summed E-state index contributed by atoms with van der Waals surface area (Å²) in [6.07, 6.45) is 3.07. The van der Waals surface area contributed by atoms with Gasteiger partial charge in [-0.05, 0) is 42.3 Å². The predicted molar refractivity (Wildman–Crippen MR) is 112 cm³/mol. The van der Waals surface area contributed by atoms with Crippen molar-refractivity contribution in [2.45, 2.75) is 24.9 Å². The highest BCUT2D eigenvalue weighted by molar-refractivity contribution is 7.98. The Morgan fingerprint density at radius 1 is 1.21 bits per heavy atom. The zero-order valence-corrected chi connectivity index (χ0v) is 17.0. The van der Waals surface area contributed by atoms with Gasteiger partial charge in [0.15, 0.2) is 15.3 Å². The summed E-state index contributed by atoms with van der Waals surface area (Å²) in [6.45, 7) is 4.94. The molecule has 7 heteroatoms. The molecule has 1 N–H and O–H groups in total. The highest BCUT2D eigenvalue weighted by atomic mass is 32.3. The minimum atomic E-state index is -3.71. The van der Waals surface area contributed by atoms with Gasteiger partial charge in [0.2, 0.25) is 0 Å². The maximum Gasteiger partial charge on any atom is 0.184 e. The lowest BCUT2D eigenvalue weighted by Gasteiger charge is -2.20. The van der Waals surface area contributed by atoms with Crippen molar-refractivity contribution in [1.29, 1.82) is 0 Å². The van der Waals surface area contributed by atoms with E-state index in [0.29, 0.717) is 24.6 Å². The van der Waals surface area contributed by atoms with E-state index in [4.69, 9.17) is 4.74 Å². The molecule has 2 heterocycles. The molecule has 1 aliphatic heterocycles. The minimum Gasteiger partial charge on any atom is -0.588 e. The number of fused-ring (bicyclic) bond motifs is 1. The van der Waals surface area contributed by atoms with Crippen LogP contribution in [0.4, 0.5) is 5.69 Å². The lowest BCUT2D eigenvalue weighted by molar-refractivity contribution is 0.219. The van der Waals surface area contributed by atoms with Gasteiger partial charge in [-0.25, -0.2) is 4.72 Å². The Kier molecular flexibility index (Phi) is 5.62. The van der Waals surface area contributed by atoms with E-state index in [-0.39, 0.29) is 4.90 Å². The predicted octanol–water partition coefficient (Wildman–Crippen LogP) is 3.80. The quantitative estimate of drug-likeness (QED) is 0.649. The minimum absolute atomic E-state index is 0.174. The fourth-order valence-electron chi connectivity index (χ4n) is 3.37. The third kappa shape index (κ3) is 4.64. The maximum atomic E-state index is 12.7. The van der Waals surface area contributed by atoms with Crippen molar-refractivity contribution < 1.29 is 13.5 Å². The molecule has 0 fully saturated rings. The van der Waals surface area contributed by atoms with E-state index in [1.54, 1.807) is 30.5 Å². The molecule has 1 atom stereocenters. The molecule has 29 heavy (non-hydrogen) atoms. The molecule has 1 aromatic heterocycles. The molecule has 150 valence electrons. The molecule has 0 amide bonds. The van der Waals surface area contributed by atoms with Crippen molar-refractivity contribution in [2.75, 3.05) is 17.9 Å². The van der Waals surface area contributed by atoms with Crippen LogP contribution in [0.2, 0.25) is 0 Å². The number of pyridine rings is 1. The first-order valence-corrected chi connectivity index (χ1v) is 10.9. The van der Waals surface area contributed by atoms with E-state index in [0.717, 1.165) is 18.7 Å². The average molecular weight is 410 g/mol. The van der Waals surface area contributed by atoms with Crippen LogP contribution >= 0.6 is 0 Å². The Balaban J connectivity index is 1.53. The highest BCUT2D eigenvalue weighted by Gasteiger charge is 2.24. The second-order valence-electron chi connectivity index (χ2n) is 7.10. The third-order valence-electron chi connectivity index (χ3n) is 4.98. The number of rotatable bonds is 5. The third-order valence-corrected chi connectivity index (χ3v) is 6.36. The van der Waals surface area contributed by atoms with Gasteiger partial charge in [0.1, 0.15) is 12.4 Å². The van der Waals surface area contributed by atoms with Gasteiger partial charge < -0.3 is 9.29 Å². The Hall–Kier alpha value is -2.74. The fraction of sp³-hybridized carbons (Fsp3) is 0.227. The molecule has 0 aliphatic carbocycles. The van der Waals surface area contributed by atoms with Gasteiger partial charge in [-0.15, -0.1) is 0 Å². The smallest absolute Gasteiger partial charge is 0.184 e. The highest BCUT2D eigenvalue weighted by Crippen LogP contribution is 2.30. The second kappa shape index (κ2) is 8.32. The Morgan fingerprint density at radius 2 is 2.07 bits per heavy atom. The van der Waals surface area contributed by atoms with Gasteiger partial charge >= 0.3 is 0 Å². The topological polar surface area (TPSA) is 77.5 Å². The zero-order chi connectivity index (χ0) is 20.3. The first kappa shape index (κ1) is 19.6. The number of sulfonamides is 1. The maximum absolute atomic E-state index is 12.7. The monoisotopic (exact) mass is 409 g/mol. The average Bonchev–Trinajstić information content (AvgIpc) is 2.91. The summed E-state index contributed by atoms with van der Waals surface area (Å²) in [5.41, 5.74) is 3.96. The van der Waals surface area contributed by atoms with Gasteiger partial charge in [0, 0.05) is 37.5 Å². The van der Waals surface area contributed by atoms with Crippen LogP contribution in [0.3, 0.4) is 0 Å². The largest absolute Gasteiger partial charge is 0.588 e. The molecule has 0 spiro atoms. The summed E-state index contributed by atoms with van der Waals surface area (Å²) in [4.78, 5) is 6.43. The summed E-state index contributed by atoms with van der Waals surface area (Å²) in [5.74, 6) is 0.617. The Morgan fingerprint density at radius 3 is 2.86 bits per heavy atom. The summed E-state index contributed by atoms with van der Waals surface area (Å²) < 4.78 is 33.9. The van der Waals surface area contributed by atoms with Crippen LogP contribution in [0.25, 0.3) is 0 Å². The van der Waals surface area contributed by atoms with Crippen molar-refractivity contribution in [3.05, 3.63) is 83.7 Å². The number of aryl methyl sites for hydroxylation is 1. The zero-order valence-electron chi connectivity index (χ0n) is 16.2. The van der Waals surface area contributed by atoms with E-state index in [1.165, 1.54) is 17.3 Å². The second-order valence-corrected chi connectivity index (χ2v) is 8.78. The first-order chi connectivity index (χ1) is 14.0. The molecule has 0 bridgehead atoms. The van der Waals surface area contributed by atoms with Gasteiger partial charge in [0.05, 0.1) is 11.9 Å². The first-order valence-electron chi connectivity index (χ1n) is 9.47. The number of hydrogen-bond acceptors (Lipinski definition) is 5. The van der Waals surface area contributed by atoms with Crippen LogP contribution in [0.15, 0.2) is 71.9 Å². The van der Waals surface area contributed by atoms with Crippen molar-refractivity contribution in [3.63, 3.8) is 0 Å². The summed E-state index contributed by atoms with van der Waals surface area (Å²) in [6, 6.07) is 16.8. The standard InChI is InChI=1S/C22H23N3O3S/c1-17-5-2-3-6-18(17)15-25-11-12-28-22-13-21(9-8-19(22)16-25)29(26,27)24-20-7-4-10-23-14-20/h2-10,13-14H,11-12,15-16H2,1H3,(H-,24,26,27). The lowest BCUT2D eigenvalue weighted by Crippen LogP contribution is -2.25. The Bertz CT molecular complexity index is 1040. The fourth-order valence-corrected chi connectivity index (χ4v) is 4.43. The van der Waals surface area contributed by atoms with Crippen LogP contribution in [0.5, 0.6) is 5.75 Å². The number of ether oxygens (including phenoxy) is 1. The van der Waals surface area contributed by atoms with Crippen LogP contribution in [0.1, 0.15) is 16.7 Å². The van der Waals surface area contributed by atoms with Crippen LogP contribution in [-0.4, -0.2) is 27.6 Å². The van der Waals surface area contributed by atoms with Crippen LogP contribution in [0, 0.1) is 6.92 Å². The van der Waals surface area contributed by atoms with Crippen LogP contribution < -0.4 is 9.46 Å². The molecule has 4 rings (SSSR count). The molecule has 0 saturated heterocycles. The van der Waals surface area contributed by atoms with Crippen molar-refractivity contribution in [3.8, 4) is 5.75 Å². The SMILES string of the molecule is Cc1ccccc1CN1CCOc2cc([S+](=O)([O-])Nc3cccnc3)ccc2C1. The number of hydrogen-bond donors (Lipinski definition) is 1. The van der Waals surface area contributed by atoms with Crippen molar-refractivity contribution in [2.24, 2.45) is 0 Å². The normalized spacial score (nSPS) is 16.2. The van der Waals surface area contributed by atoms with E-state index in [2.05, 4.69) is 39.7 Å². The molecular formula is C22H23N3O3S. The number of aromatic nitrogens is 1. The number of benzene rings is 2. The van der Waals surface area contributed by atoms with Gasteiger partial charge in [-0.3, -0.25) is 9.88 Å². The van der Waals surface area contributed by atoms with E-state index in [1.807, 2.05) is 12.1 Å². The molecule has 1 aliphatic rings. The molecule has 2 aromatic carbocycles. The number of nitrogens with zero attached hydrogens (tertiary/aromatic N) is 2. The molecule has 0 saturated carbocycles. The van der Waals surface area contributed by atoms with Gasteiger partial charge in [0.25, 0.3) is 0 Å². The molecule has 1 unspecified atom stereocenters. The van der Waals surface area contributed by atoms with E-state index in [9.17, 15) is 8.76 Å². The number of anilines is 1. The molecule has 6 nitrogen and oxygen atoms in total. The summed E-state index contributed by atoms with van der Waals surface area (Å²) in [5, 5.41) is 0. The van der Waals surface area contributed by atoms with Gasteiger partial charge in [-0.1, -0.05) is 28.5 Å². The summed E-state index contributed by atoms with van der Waals surface area (Å²) >= 11 is 0. The Labute approximate surface area is 171 Å². The molecule has 0 radical (unpaired) electrons.